The van der Waals surface area contributed by atoms with Gasteiger partial charge in [-0.3, -0.25) is 0 Å². The Morgan fingerprint density at radius 2 is 1.23 bits per heavy atom. The molecule has 0 unspecified atom stereocenters. The second-order valence-corrected chi connectivity index (χ2v) is 5.47. The first-order chi connectivity index (χ1) is 6.00. The zero-order chi connectivity index (χ0) is 9.64. The molecule has 0 aromatic rings. The molecule has 0 N–H and O–H groups in total. The van der Waals surface area contributed by atoms with E-state index in [1.54, 1.807) is 0 Å². The van der Waals surface area contributed by atoms with Crippen molar-refractivity contribution in [2.24, 2.45) is 0 Å². The van der Waals surface area contributed by atoms with Crippen LogP contribution in [0.15, 0.2) is 24.3 Å². The molecule has 2 fully saturated rings. The molecule has 0 radical (unpaired) electrons. The lowest BCUT2D eigenvalue weighted by atomic mass is 10.2. The van der Waals surface area contributed by atoms with E-state index in [0.717, 1.165) is 11.1 Å². The van der Waals surface area contributed by atoms with Crippen molar-refractivity contribution in [1.82, 2.24) is 8.61 Å². The third kappa shape index (κ3) is 1.33. The van der Waals surface area contributed by atoms with Gasteiger partial charge in [-0.2, -0.15) is 17.0 Å². The van der Waals surface area contributed by atoms with Crippen molar-refractivity contribution in [2.75, 3.05) is 26.2 Å². The first-order valence-electron chi connectivity index (χ1n) is 4.08. The summed E-state index contributed by atoms with van der Waals surface area (Å²) in [6.45, 7) is 9.39. The van der Waals surface area contributed by atoms with Crippen LogP contribution < -0.4 is 0 Å². The molecule has 0 aromatic carbocycles. The second kappa shape index (κ2) is 2.67. The molecule has 4 nitrogen and oxygen atoms in total. The fourth-order valence-electron chi connectivity index (χ4n) is 1.70. The Hall–Kier alpha value is -0.650. The van der Waals surface area contributed by atoms with Crippen LogP contribution in [0.5, 0.6) is 0 Å². The summed E-state index contributed by atoms with van der Waals surface area (Å²) in [6.07, 6.45) is 0. The maximum atomic E-state index is 11.7. The Kier molecular flexibility index (Phi) is 1.83. The fourth-order valence-corrected chi connectivity index (χ4v) is 3.41. The van der Waals surface area contributed by atoms with Gasteiger partial charge in [0.1, 0.15) is 0 Å². The van der Waals surface area contributed by atoms with Gasteiger partial charge in [0.25, 0.3) is 10.2 Å². The van der Waals surface area contributed by atoms with Crippen molar-refractivity contribution >= 4 is 10.2 Å². The van der Waals surface area contributed by atoms with E-state index in [0.29, 0.717) is 26.2 Å². The van der Waals surface area contributed by atoms with Gasteiger partial charge in [-0.05, 0) is 11.1 Å². The largest absolute Gasteiger partial charge is 0.283 e. The summed E-state index contributed by atoms with van der Waals surface area (Å²) in [5.74, 6) is 0. The zero-order valence-electron chi connectivity index (χ0n) is 7.36. The summed E-state index contributed by atoms with van der Waals surface area (Å²) in [4.78, 5) is 0. The molecule has 2 saturated heterocycles. The molecule has 0 saturated carbocycles. The highest BCUT2D eigenvalue weighted by Crippen LogP contribution is 2.25. The van der Waals surface area contributed by atoms with Gasteiger partial charge in [0.05, 0.1) is 0 Å². The molecule has 2 aliphatic heterocycles. The Morgan fingerprint density at radius 1 is 0.923 bits per heavy atom. The maximum Gasteiger partial charge on any atom is 0.283 e. The van der Waals surface area contributed by atoms with Crippen molar-refractivity contribution in [3.8, 4) is 0 Å². The van der Waals surface area contributed by atoms with Gasteiger partial charge in [0.2, 0.25) is 0 Å². The predicted molar refractivity (Wildman–Crippen MR) is 50.3 cm³/mol. The molecule has 2 rings (SSSR count). The normalized spacial score (nSPS) is 37.5. The van der Waals surface area contributed by atoms with Crippen LogP contribution in [0, 0.1) is 0 Å². The first-order valence-corrected chi connectivity index (χ1v) is 5.48. The third-order valence-electron chi connectivity index (χ3n) is 2.25. The maximum absolute atomic E-state index is 11.7. The van der Waals surface area contributed by atoms with E-state index in [-0.39, 0.29) is 0 Å². The molecule has 0 aliphatic carbocycles. The topological polar surface area (TPSA) is 40.6 Å². The number of nitrogens with zero attached hydrogens (tertiary/aromatic N) is 2. The average molecular weight is 200 g/mol. The van der Waals surface area contributed by atoms with Gasteiger partial charge in [-0.1, -0.05) is 13.2 Å². The van der Waals surface area contributed by atoms with E-state index in [1.165, 1.54) is 8.61 Å². The van der Waals surface area contributed by atoms with Crippen LogP contribution in [0.1, 0.15) is 0 Å². The predicted octanol–water partition coefficient (Wildman–Crippen LogP) is -0.0252. The molecule has 2 bridgehead atoms. The van der Waals surface area contributed by atoms with Crippen molar-refractivity contribution in [3.05, 3.63) is 24.3 Å². The van der Waals surface area contributed by atoms with Crippen molar-refractivity contribution in [3.63, 3.8) is 0 Å². The minimum atomic E-state index is -3.19. The summed E-state index contributed by atoms with van der Waals surface area (Å²) < 4.78 is 26.2. The SMILES string of the molecule is C=C1CN2CC(=C)CN(C1)S2(=O)=O. The molecule has 2 aliphatic rings. The minimum absolute atomic E-state index is 0.442. The van der Waals surface area contributed by atoms with Gasteiger partial charge in [-0.15, -0.1) is 0 Å². The van der Waals surface area contributed by atoms with E-state index >= 15 is 0 Å². The summed E-state index contributed by atoms with van der Waals surface area (Å²) in [5.41, 5.74) is 1.89. The number of rotatable bonds is 0. The van der Waals surface area contributed by atoms with E-state index in [2.05, 4.69) is 13.2 Å². The van der Waals surface area contributed by atoms with Gasteiger partial charge < -0.3 is 0 Å². The van der Waals surface area contributed by atoms with Crippen LogP contribution in [0.4, 0.5) is 0 Å². The van der Waals surface area contributed by atoms with Crippen LogP contribution in [0.25, 0.3) is 0 Å². The van der Waals surface area contributed by atoms with Gasteiger partial charge >= 0.3 is 0 Å². The van der Waals surface area contributed by atoms with Gasteiger partial charge in [0, 0.05) is 26.2 Å². The highest BCUT2D eigenvalue weighted by Gasteiger charge is 2.39. The Balaban J connectivity index is 2.39. The molecule has 2 heterocycles. The van der Waals surface area contributed by atoms with Crippen molar-refractivity contribution in [2.45, 2.75) is 0 Å². The quantitative estimate of drug-likeness (QED) is 0.515. The Bertz CT molecular complexity index is 326. The summed E-state index contributed by atoms with van der Waals surface area (Å²) >= 11 is 0. The summed E-state index contributed by atoms with van der Waals surface area (Å²) in [7, 11) is -3.19. The molecule has 72 valence electrons. The van der Waals surface area contributed by atoms with E-state index in [4.69, 9.17) is 0 Å². The number of fused-ring (bicyclic) bond motifs is 2. The molecule has 0 spiro atoms. The van der Waals surface area contributed by atoms with E-state index in [1.807, 2.05) is 0 Å². The Morgan fingerprint density at radius 3 is 1.54 bits per heavy atom. The highest BCUT2D eigenvalue weighted by atomic mass is 32.2. The average Bonchev–Trinajstić information content (AvgIpc) is 1.95. The second-order valence-electron chi connectivity index (χ2n) is 3.54. The van der Waals surface area contributed by atoms with E-state index in [9.17, 15) is 8.42 Å². The van der Waals surface area contributed by atoms with Crippen molar-refractivity contribution < 1.29 is 8.42 Å². The first kappa shape index (κ1) is 8.93. The molecule has 0 aromatic heterocycles. The lowest BCUT2D eigenvalue weighted by molar-refractivity contribution is 0.312. The third-order valence-corrected chi connectivity index (χ3v) is 4.07. The Labute approximate surface area is 78.3 Å². The molecule has 0 atom stereocenters. The lowest BCUT2D eigenvalue weighted by Gasteiger charge is -2.40. The smallest absolute Gasteiger partial charge is 0.195 e. The van der Waals surface area contributed by atoms with Crippen LogP contribution in [-0.4, -0.2) is 43.2 Å². The van der Waals surface area contributed by atoms with Crippen LogP contribution in [0.2, 0.25) is 0 Å². The molecule has 13 heavy (non-hydrogen) atoms. The monoisotopic (exact) mass is 200 g/mol. The van der Waals surface area contributed by atoms with Crippen LogP contribution in [0.3, 0.4) is 0 Å². The minimum Gasteiger partial charge on any atom is -0.195 e. The molecular formula is C8H12N2O2S. The number of hydrogen-bond acceptors (Lipinski definition) is 2. The van der Waals surface area contributed by atoms with Gasteiger partial charge in [0.15, 0.2) is 0 Å². The van der Waals surface area contributed by atoms with Gasteiger partial charge in [-0.25, -0.2) is 0 Å². The highest BCUT2D eigenvalue weighted by molar-refractivity contribution is 7.86. The summed E-state index contributed by atoms with van der Waals surface area (Å²) in [5, 5.41) is 0. The molecular weight excluding hydrogens is 188 g/mol. The molecule has 5 heteroatoms. The van der Waals surface area contributed by atoms with Crippen molar-refractivity contribution in [1.29, 1.82) is 0 Å². The standard InChI is InChI=1S/C8H12N2O2S/c1-7-3-9-5-8(2)6-10(4-7)13(9,11)12/h1-6H2. The van der Waals surface area contributed by atoms with Crippen LogP contribution in [-0.2, 0) is 10.2 Å². The summed E-state index contributed by atoms with van der Waals surface area (Å²) in [6, 6.07) is 0. The van der Waals surface area contributed by atoms with Crippen LogP contribution >= 0.6 is 0 Å². The fraction of sp³-hybridized carbons (Fsp3) is 0.500. The van der Waals surface area contributed by atoms with E-state index < -0.39 is 10.2 Å². The molecule has 0 amide bonds. The lowest BCUT2D eigenvalue weighted by Crippen LogP contribution is -2.55. The number of hydrogen-bond donors (Lipinski definition) is 0. The zero-order valence-corrected chi connectivity index (χ0v) is 8.18.